The van der Waals surface area contributed by atoms with Crippen LogP contribution in [-0.2, 0) is 10.4 Å². The van der Waals surface area contributed by atoms with Gasteiger partial charge in [0.05, 0.1) is 6.61 Å². The van der Waals surface area contributed by atoms with Gasteiger partial charge in [-0.25, -0.2) is 4.79 Å². The number of carbonyl (C=O) groups is 2. The second-order valence-electron chi connectivity index (χ2n) is 9.51. The number of aliphatic carboxylic acids is 1. The second-order valence-corrected chi connectivity index (χ2v) is 9.51. The van der Waals surface area contributed by atoms with Crippen molar-refractivity contribution in [2.24, 2.45) is 11.7 Å². The van der Waals surface area contributed by atoms with Crippen LogP contribution in [0.3, 0.4) is 0 Å². The Bertz CT molecular complexity index is 1170. The van der Waals surface area contributed by atoms with E-state index < -0.39 is 23.7 Å². The molecule has 1 aliphatic heterocycles. The number of piperidine rings is 1. The molecule has 0 aromatic heterocycles. The zero-order chi connectivity index (χ0) is 29.2. The monoisotopic (exact) mass is 558 g/mol. The van der Waals surface area contributed by atoms with Gasteiger partial charge in [0.25, 0.3) is 0 Å². The summed E-state index contributed by atoms with van der Waals surface area (Å²) < 4.78 is 37.5. The molecule has 0 radical (unpaired) electrons. The fourth-order valence-electron chi connectivity index (χ4n) is 4.79. The Morgan fingerprint density at radius 1 is 0.875 bits per heavy atom. The molecule has 7 nitrogen and oxygen atoms in total. The highest BCUT2D eigenvalue weighted by Gasteiger charge is 2.41. The number of nitrogens with zero attached hydrogens (tertiary/aromatic N) is 1. The van der Waals surface area contributed by atoms with Crippen LogP contribution in [0.5, 0.6) is 5.75 Å². The third-order valence-electron chi connectivity index (χ3n) is 6.87. The SMILES string of the molecule is NC(=O)c1ccc(OCCCN2CCC(C(O)(c3ccccc3)c3ccccc3)CC2)cc1.O=C(O)C(F)(F)F. The molecule has 3 aromatic carbocycles. The van der Waals surface area contributed by atoms with Gasteiger partial charge in [-0.3, -0.25) is 4.79 Å². The third-order valence-corrected chi connectivity index (χ3v) is 6.87. The molecule has 0 unspecified atom stereocenters. The molecule has 1 amide bonds. The number of nitrogens with two attached hydrogens (primary N) is 1. The minimum absolute atomic E-state index is 0.165. The smallest absolute Gasteiger partial charge is 0.490 e. The number of hydrogen-bond donors (Lipinski definition) is 3. The van der Waals surface area contributed by atoms with Crippen molar-refractivity contribution >= 4 is 11.9 Å². The predicted molar refractivity (Wildman–Crippen MR) is 144 cm³/mol. The molecule has 4 N–H and O–H groups in total. The summed E-state index contributed by atoms with van der Waals surface area (Å²) in [5.41, 5.74) is 6.70. The lowest BCUT2D eigenvalue weighted by Crippen LogP contribution is -2.44. The number of alkyl halides is 3. The van der Waals surface area contributed by atoms with Crippen LogP contribution in [0.2, 0.25) is 0 Å². The highest BCUT2D eigenvalue weighted by atomic mass is 19.4. The number of ether oxygens (including phenoxy) is 1. The molecular weight excluding hydrogens is 525 g/mol. The maximum atomic E-state index is 12.0. The predicted octanol–water partition coefficient (Wildman–Crippen LogP) is 4.84. The molecular formula is C30H33F3N2O5. The lowest BCUT2D eigenvalue weighted by molar-refractivity contribution is -0.192. The summed E-state index contributed by atoms with van der Waals surface area (Å²) in [6.07, 6.45) is -2.28. The normalized spacial score (nSPS) is 14.6. The Balaban J connectivity index is 0.000000559. The summed E-state index contributed by atoms with van der Waals surface area (Å²) in [5.74, 6) is -2.28. The molecule has 1 aliphatic rings. The zero-order valence-corrected chi connectivity index (χ0v) is 21.9. The molecule has 0 spiro atoms. The van der Waals surface area contributed by atoms with Gasteiger partial charge in [0.1, 0.15) is 11.4 Å². The van der Waals surface area contributed by atoms with E-state index in [9.17, 15) is 23.1 Å². The zero-order valence-electron chi connectivity index (χ0n) is 21.9. The van der Waals surface area contributed by atoms with Crippen molar-refractivity contribution in [3.8, 4) is 5.75 Å². The maximum absolute atomic E-state index is 12.0. The first kappa shape index (κ1) is 30.6. The van der Waals surface area contributed by atoms with Crippen LogP contribution in [0.25, 0.3) is 0 Å². The van der Waals surface area contributed by atoms with Gasteiger partial charge in [0.2, 0.25) is 5.91 Å². The number of carboxylic acids is 1. The van der Waals surface area contributed by atoms with Crippen LogP contribution in [-0.4, -0.2) is 59.4 Å². The fraction of sp³-hybridized carbons (Fsp3) is 0.333. The van der Waals surface area contributed by atoms with E-state index in [0.29, 0.717) is 12.2 Å². The lowest BCUT2D eigenvalue weighted by Gasteiger charge is -2.42. The summed E-state index contributed by atoms with van der Waals surface area (Å²) in [7, 11) is 0. The van der Waals surface area contributed by atoms with Crippen LogP contribution in [0.1, 0.15) is 40.7 Å². The highest BCUT2D eigenvalue weighted by Crippen LogP contribution is 2.41. The summed E-state index contributed by atoms with van der Waals surface area (Å²) in [6.45, 7) is 3.49. The maximum Gasteiger partial charge on any atom is 0.490 e. The number of aliphatic hydroxyl groups is 1. The molecule has 214 valence electrons. The van der Waals surface area contributed by atoms with Gasteiger partial charge < -0.3 is 25.6 Å². The van der Waals surface area contributed by atoms with Crippen molar-refractivity contribution in [1.29, 1.82) is 0 Å². The van der Waals surface area contributed by atoms with Gasteiger partial charge >= 0.3 is 12.1 Å². The fourth-order valence-corrected chi connectivity index (χ4v) is 4.79. The molecule has 3 aromatic rings. The first-order valence-corrected chi connectivity index (χ1v) is 12.9. The average molecular weight is 559 g/mol. The molecule has 1 heterocycles. The number of likely N-dealkylation sites (tertiary alicyclic amines) is 1. The first-order chi connectivity index (χ1) is 19.0. The molecule has 1 saturated heterocycles. The van der Waals surface area contributed by atoms with Crippen LogP contribution in [0.4, 0.5) is 13.2 Å². The number of carbonyl (C=O) groups excluding carboxylic acids is 1. The van der Waals surface area contributed by atoms with Crippen LogP contribution < -0.4 is 10.5 Å². The quantitative estimate of drug-likeness (QED) is 0.324. The van der Waals surface area contributed by atoms with Crippen molar-refractivity contribution in [2.75, 3.05) is 26.2 Å². The van der Waals surface area contributed by atoms with Crippen LogP contribution in [0.15, 0.2) is 84.9 Å². The van der Waals surface area contributed by atoms with E-state index >= 15 is 0 Å². The van der Waals surface area contributed by atoms with Gasteiger partial charge in [-0.1, -0.05) is 60.7 Å². The van der Waals surface area contributed by atoms with Crippen LogP contribution >= 0.6 is 0 Å². The van der Waals surface area contributed by atoms with Crippen LogP contribution in [0, 0.1) is 5.92 Å². The van der Waals surface area contributed by atoms with E-state index in [1.54, 1.807) is 24.3 Å². The summed E-state index contributed by atoms with van der Waals surface area (Å²) in [4.78, 5) is 22.5. The summed E-state index contributed by atoms with van der Waals surface area (Å²) >= 11 is 0. The standard InChI is InChI=1S/C28H32N2O3.C2HF3O2/c29-27(31)22-12-14-26(15-13-22)33-21-7-18-30-19-16-25(17-20-30)28(32,23-8-3-1-4-9-23)24-10-5-2-6-11-24;3-2(4,5)1(6)7/h1-6,8-15,25,32H,7,16-21H2,(H2,29,31);(H,6,7). The van der Waals surface area contributed by atoms with E-state index in [1.807, 2.05) is 60.7 Å². The topological polar surface area (TPSA) is 113 Å². The molecule has 0 atom stereocenters. The number of amides is 1. The molecule has 10 heteroatoms. The van der Waals surface area contributed by atoms with Gasteiger partial charge in [-0.05, 0) is 73.7 Å². The van der Waals surface area contributed by atoms with E-state index in [4.69, 9.17) is 20.4 Å². The number of carboxylic acid groups (broad SMARTS) is 1. The summed E-state index contributed by atoms with van der Waals surface area (Å²) in [5, 5.41) is 19.1. The number of hydrogen-bond acceptors (Lipinski definition) is 5. The lowest BCUT2D eigenvalue weighted by atomic mass is 9.72. The molecule has 1 fully saturated rings. The third kappa shape index (κ3) is 8.30. The van der Waals surface area contributed by atoms with E-state index in [1.165, 1.54) is 0 Å². The van der Waals surface area contributed by atoms with Crippen molar-refractivity contribution in [1.82, 2.24) is 4.90 Å². The van der Waals surface area contributed by atoms with E-state index in [0.717, 1.165) is 55.8 Å². The Hall–Kier alpha value is -3.89. The van der Waals surface area contributed by atoms with Gasteiger partial charge in [0.15, 0.2) is 0 Å². The Kier molecular flexibility index (Phi) is 10.7. The molecule has 40 heavy (non-hydrogen) atoms. The molecule has 4 rings (SSSR count). The number of primary amides is 1. The Labute approximate surface area is 231 Å². The Morgan fingerprint density at radius 3 is 1.77 bits per heavy atom. The Morgan fingerprint density at radius 2 is 1.35 bits per heavy atom. The van der Waals surface area contributed by atoms with Gasteiger partial charge in [-0.2, -0.15) is 13.2 Å². The average Bonchev–Trinajstić information content (AvgIpc) is 2.96. The van der Waals surface area contributed by atoms with E-state index in [-0.39, 0.29) is 5.92 Å². The molecule has 0 aliphatic carbocycles. The first-order valence-electron chi connectivity index (χ1n) is 12.9. The second kappa shape index (κ2) is 14.0. The minimum Gasteiger partial charge on any atom is -0.494 e. The largest absolute Gasteiger partial charge is 0.494 e. The molecule has 0 saturated carbocycles. The van der Waals surface area contributed by atoms with Crippen molar-refractivity contribution in [3.05, 3.63) is 102 Å². The number of rotatable bonds is 9. The number of benzene rings is 3. The summed E-state index contributed by atoms with van der Waals surface area (Å²) in [6, 6.07) is 27.0. The van der Waals surface area contributed by atoms with Gasteiger partial charge in [-0.15, -0.1) is 0 Å². The van der Waals surface area contributed by atoms with Gasteiger partial charge in [0, 0.05) is 12.1 Å². The van der Waals surface area contributed by atoms with Crippen molar-refractivity contribution in [2.45, 2.75) is 31.0 Å². The van der Waals surface area contributed by atoms with Crippen molar-refractivity contribution < 1.29 is 37.7 Å². The number of halogens is 3. The van der Waals surface area contributed by atoms with Crippen molar-refractivity contribution in [3.63, 3.8) is 0 Å². The highest BCUT2D eigenvalue weighted by molar-refractivity contribution is 5.92. The van der Waals surface area contributed by atoms with E-state index in [2.05, 4.69) is 4.90 Å². The molecule has 0 bridgehead atoms. The minimum atomic E-state index is -5.08.